The Bertz CT molecular complexity index is 986. The zero-order valence-electron chi connectivity index (χ0n) is 18.5. The van der Waals surface area contributed by atoms with Crippen molar-refractivity contribution < 1.29 is 9.13 Å². The lowest BCUT2D eigenvalue weighted by Gasteiger charge is -2.16. The average Bonchev–Trinajstić information content (AvgIpc) is 2.74. The molecule has 2 atom stereocenters. The summed E-state index contributed by atoms with van der Waals surface area (Å²) in [5.74, 6) is 0.936. The van der Waals surface area contributed by atoms with E-state index in [9.17, 15) is 4.39 Å². The Balaban J connectivity index is 1.71. The Labute approximate surface area is 179 Å². The molecular weight excluding hydrogens is 375 g/mol. The molecule has 0 aliphatic rings. The Morgan fingerprint density at radius 3 is 2.43 bits per heavy atom. The summed E-state index contributed by atoms with van der Waals surface area (Å²) in [7, 11) is 1.49. The van der Waals surface area contributed by atoms with Crippen LogP contribution in [0.2, 0.25) is 0 Å². The maximum absolute atomic E-state index is 13.7. The van der Waals surface area contributed by atoms with E-state index in [-0.39, 0.29) is 17.5 Å². The number of aromatic nitrogens is 2. The number of hydrogen-bond acceptors (Lipinski definition) is 3. The van der Waals surface area contributed by atoms with E-state index in [4.69, 9.17) is 9.72 Å². The third kappa shape index (κ3) is 5.44. The molecule has 0 saturated carbocycles. The lowest BCUT2D eigenvalue weighted by Crippen LogP contribution is -2.06. The van der Waals surface area contributed by atoms with Gasteiger partial charge in [-0.05, 0) is 65.6 Å². The molecule has 0 fully saturated rings. The lowest BCUT2D eigenvalue weighted by atomic mass is 9.94. The average molecular weight is 407 g/mol. The van der Waals surface area contributed by atoms with Crippen molar-refractivity contribution in [3.63, 3.8) is 0 Å². The molecule has 2 unspecified atom stereocenters. The van der Waals surface area contributed by atoms with Crippen molar-refractivity contribution in [1.82, 2.24) is 9.97 Å². The lowest BCUT2D eigenvalue weighted by molar-refractivity contribution is 0.385. The number of ether oxygens (including phenoxy) is 1. The zero-order valence-corrected chi connectivity index (χ0v) is 18.5. The highest BCUT2D eigenvalue weighted by molar-refractivity contribution is 5.33. The van der Waals surface area contributed by atoms with Crippen molar-refractivity contribution >= 4 is 0 Å². The quantitative estimate of drug-likeness (QED) is 0.432. The van der Waals surface area contributed by atoms with Crippen LogP contribution in [0.3, 0.4) is 0 Å². The summed E-state index contributed by atoms with van der Waals surface area (Å²) in [6.45, 7) is 8.72. The minimum atomic E-state index is -0.335. The van der Waals surface area contributed by atoms with Gasteiger partial charge in [0.1, 0.15) is 0 Å². The highest BCUT2D eigenvalue weighted by Crippen LogP contribution is 2.27. The van der Waals surface area contributed by atoms with Crippen LogP contribution in [-0.4, -0.2) is 17.1 Å². The molecule has 30 heavy (non-hydrogen) atoms. The topological polar surface area (TPSA) is 35.0 Å². The van der Waals surface area contributed by atoms with Gasteiger partial charge in [0.15, 0.2) is 11.6 Å². The fourth-order valence-electron chi connectivity index (χ4n) is 3.69. The molecular formula is C26H31FN2O. The van der Waals surface area contributed by atoms with Gasteiger partial charge in [-0.3, -0.25) is 9.97 Å². The second kappa shape index (κ2) is 9.84. The summed E-state index contributed by atoms with van der Waals surface area (Å²) in [4.78, 5) is 9.33. The molecule has 0 aliphatic carbocycles. The van der Waals surface area contributed by atoms with Crippen LogP contribution in [0.1, 0.15) is 73.5 Å². The predicted molar refractivity (Wildman–Crippen MR) is 120 cm³/mol. The van der Waals surface area contributed by atoms with Gasteiger partial charge in [-0.2, -0.15) is 0 Å². The summed E-state index contributed by atoms with van der Waals surface area (Å²) >= 11 is 0. The van der Waals surface area contributed by atoms with Crippen LogP contribution in [0.4, 0.5) is 4.39 Å². The highest BCUT2D eigenvalue weighted by atomic mass is 19.1. The van der Waals surface area contributed by atoms with Gasteiger partial charge in [-0.1, -0.05) is 45.9 Å². The van der Waals surface area contributed by atoms with Crippen molar-refractivity contribution in [2.75, 3.05) is 7.11 Å². The fourth-order valence-corrected chi connectivity index (χ4v) is 3.69. The van der Waals surface area contributed by atoms with Crippen molar-refractivity contribution in [3.8, 4) is 5.75 Å². The Morgan fingerprint density at radius 2 is 1.70 bits per heavy atom. The second-order valence-corrected chi connectivity index (χ2v) is 8.44. The SMILES string of the molecule is COc1cc(C(C)Cc2cccc(C(C)Cc3cncc(C(C)C)c3)n2)ccc1F. The molecule has 3 rings (SSSR count). The standard InChI is InChI=1S/C26H31FN2O/c1-17(2)22-13-20(15-28-16-22)11-19(4)25-8-6-7-23(29-25)12-18(3)21-9-10-24(27)26(14-21)30-5/h6-10,13-19H,11-12H2,1-5H3. The molecule has 0 radical (unpaired) electrons. The first-order valence-corrected chi connectivity index (χ1v) is 10.6. The van der Waals surface area contributed by atoms with Gasteiger partial charge in [0.25, 0.3) is 0 Å². The molecule has 1 aromatic carbocycles. The van der Waals surface area contributed by atoms with Crippen LogP contribution in [-0.2, 0) is 12.8 Å². The molecule has 0 spiro atoms. The number of halogens is 1. The number of nitrogens with zero attached hydrogens (tertiary/aromatic N) is 2. The molecule has 0 aliphatic heterocycles. The Morgan fingerprint density at radius 1 is 0.900 bits per heavy atom. The summed E-state index contributed by atoms with van der Waals surface area (Å²) in [5, 5.41) is 0. The highest BCUT2D eigenvalue weighted by Gasteiger charge is 2.14. The first-order chi connectivity index (χ1) is 14.4. The predicted octanol–water partition coefficient (Wildman–Crippen LogP) is 6.44. The largest absolute Gasteiger partial charge is 0.494 e. The monoisotopic (exact) mass is 406 g/mol. The maximum atomic E-state index is 13.7. The van der Waals surface area contributed by atoms with Gasteiger partial charge >= 0.3 is 0 Å². The van der Waals surface area contributed by atoms with Crippen LogP contribution in [0, 0.1) is 5.82 Å². The number of rotatable bonds is 8. The second-order valence-electron chi connectivity index (χ2n) is 8.44. The molecule has 0 saturated heterocycles. The van der Waals surface area contributed by atoms with Crippen LogP contribution in [0.5, 0.6) is 5.75 Å². The molecule has 0 N–H and O–H groups in total. The molecule has 2 heterocycles. The number of pyridine rings is 2. The molecule has 3 aromatic rings. The molecule has 0 bridgehead atoms. The van der Waals surface area contributed by atoms with E-state index in [2.05, 4.69) is 56.9 Å². The first kappa shape index (κ1) is 21.9. The first-order valence-electron chi connectivity index (χ1n) is 10.6. The Kier molecular flexibility index (Phi) is 7.20. The zero-order chi connectivity index (χ0) is 21.7. The molecule has 3 nitrogen and oxygen atoms in total. The van der Waals surface area contributed by atoms with Crippen molar-refractivity contribution in [3.05, 3.63) is 88.8 Å². The molecule has 4 heteroatoms. The normalized spacial score (nSPS) is 13.3. The molecule has 0 amide bonds. The number of hydrogen-bond donors (Lipinski definition) is 0. The fraction of sp³-hybridized carbons (Fsp3) is 0.385. The number of methoxy groups -OCH3 is 1. The molecule has 158 valence electrons. The van der Waals surface area contributed by atoms with E-state index in [0.717, 1.165) is 29.8 Å². The minimum Gasteiger partial charge on any atom is -0.494 e. The van der Waals surface area contributed by atoms with Crippen LogP contribution in [0.15, 0.2) is 54.9 Å². The third-order valence-electron chi connectivity index (χ3n) is 5.62. The summed E-state index contributed by atoms with van der Waals surface area (Å²) in [6.07, 6.45) is 5.61. The van der Waals surface area contributed by atoms with Crippen molar-refractivity contribution in [2.24, 2.45) is 0 Å². The van der Waals surface area contributed by atoms with E-state index >= 15 is 0 Å². The van der Waals surface area contributed by atoms with Crippen LogP contribution < -0.4 is 4.74 Å². The van der Waals surface area contributed by atoms with Gasteiger partial charge in [0.05, 0.1) is 7.11 Å². The Hall–Kier alpha value is -2.75. The summed E-state index contributed by atoms with van der Waals surface area (Å²) in [5.41, 5.74) is 5.69. The minimum absolute atomic E-state index is 0.212. The van der Waals surface area contributed by atoms with Gasteiger partial charge < -0.3 is 4.74 Å². The van der Waals surface area contributed by atoms with E-state index in [1.165, 1.54) is 24.3 Å². The summed E-state index contributed by atoms with van der Waals surface area (Å²) < 4.78 is 18.8. The van der Waals surface area contributed by atoms with Gasteiger partial charge in [-0.25, -0.2) is 4.39 Å². The van der Waals surface area contributed by atoms with Crippen LogP contribution in [0.25, 0.3) is 0 Å². The van der Waals surface area contributed by atoms with Gasteiger partial charge in [0, 0.05) is 29.7 Å². The number of benzene rings is 1. The van der Waals surface area contributed by atoms with E-state index in [1.54, 1.807) is 6.07 Å². The van der Waals surface area contributed by atoms with Gasteiger partial charge in [-0.15, -0.1) is 0 Å². The van der Waals surface area contributed by atoms with Crippen molar-refractivity contribution in [2.45, 2.75) is 58.3 Å². The van der Waals surface area contributed by atoms with E-state index < -0.39 is 0 Å². The van der Waals surface area contributed by atoms with E-state index in [0.29, 0.717) is 11.8 Å². The van der Waals surface area contributed by atoms with Gasteiger partial charge in [0.2, 0.25) is 0 Å². The smallest absolute Gasteiger partial charge is 0.165 e. The maximum Gasteiger partial charge on any atom is 0.165 e. The van der Waals surface area contributed by atoms with Crippen LogP contribution >= 0.6 is 0 Å². The summed E-state index contributed by atoms with van der Waals surface area (Å²) in [6, 6.07) is 13.6. The molecule has 2 aromatic heterocycles. The third-order valence-corrected chi connectivity index (χ3v) is 5.62. The van der Waals surface area contributed by atoms with E-state index in [1.807, 2.05) is 18.5 Å². The van der Waals surface area contributed by atoms with Crippen molar-refractivity contribution in [1.29, 1.82) is 0 Å².